The molecule has 0 N–H and O–H groups in total. The summed E-state index contributed by atoms with van der Waals surface area (Å²) in [6.45, 7) is 0. The molecular weight excluding hydrogens is 474 g/mol. The molecule has 2 heteroatoms. The summed E-state index contributed by atoms with van der Waals surface area (Å²) in [5.74, 6) is 1.84. The van der Waals surface area contributed by atoms with Crippen LogP contribution in [-0.2, 0) is 5.41 Å². The topological polar surface area (TPSA) is 14.2 Å². The van der Waals surface area contributed by atoms with E-state index in [1.165, 1.54) is 60.9 Å². The number of nitrogens with zero attached hydrogens (tertiary/aromatic N) is 1. The van der Waals surface area contributed by atoms with Gasteiger partial charge < -0.3 is 9.30 Å². The maximum Gasteiger partial charge on any atom is 0.132 e. The van der Waals surface area contributed by atoms with Gasteiger partial charge in [-0.15, -0.1) is 0 Å². The molecule has 7 aromatic rings. The van der Waals surface area contributed by atoms with E-state index >= 15 is 0 Å². The van der Waals surface area contributed by atoms with Crippen molar-refractivity contribution in [3.05, 3.63) is 162 Å². The van der Waals surface area contributed by atoms with Crippen molar-refractivity contribution in [3.8, 4) is 28.3 Å². The third-order valence-corrected chi connectivity index (χ3v) is 8.67. The highest BCUT2D eigenvalue weighted by molar-refractivity contribution is 6.09. The molecule has 39 heavy (non-hydrogen) atoms. The van der Waals surface area contributed by atoms with Crippen LogP contribution < -0.4 is 4.74 Å². The number of benzene rings is 6. The van der Waals surface area contributed by atoms with Crippen LogP contribution in [0.15, 0.2) is 140 Å². The van der Waals surface area contributed by atoms with E-state index in [2.05, 4.69) is 144 Å². The average molecular weight is 498 g/mol. The number of ether oxygens (including phenoxy) is 1. The number of para-hydroxylation sites is 4. The molecule has 0 amide bonds. The van der Waals surface area contributed by atoms with Crippen molar-refractivity contribution in [2.24, 2.45) is 0 Å². The van der Waals surface area contributed by atoms with Crippen molar-refractivity contribution >= 4 is 21.8 Å². The zero-order valence-electron chi connectivity index (χ0n) is 21.1. The van der Waals surface area contributed by atoms with Crippen molar-refractivity contribution in [1.82, 2.24) is 4.57 Å². The summed E-state index contributed by atoms with van der Waals surface area (Å²) in [5.41, 5.74) is 10.7. The van der Waals surface area contributed by atoms with Crippen LogP contribution >= 0.6 is 0 Å². The lowest BCUT2D eigenvalue weighted by atomic mass is 9.66. The van der Waals surface area contributed by atoms with E-state index in [0.717, 1.165) is 11.5 Å². The predicted octanol–water partition coefficient (Wildman–Crippen LogP) is 9.25. The number of rotatable bonds is 1. The molecule has 0 fully saturated rings. The van der Waals surface area contributed by atoms with Crippen LogP contribution in [0, 0.1) is 0 Å². The van der Waals surface area contributed by atoms with E-state index in [-0.39, 0.29) is 0 Å². The fraction of sp³-hybridized carbons (Fsp3) is 0.0270. The van der Waals surface area contributed by atoms with Crippen LogP contribution in [0.4, 0.5) is 0 Å². The molecule has 9 rings (SSSR count). The molecule has 0 saturated heterocycles. The van der Waals surface area contributed by atoms with E-state index in [1.807, 2.05) is 0 Å². The number of aromatic nitrogens is 1. The minimum absolute atomic E-state index is 0.434. The lowest BCUT2D eigenvalue weighted by Gasteiger charge is -2.39. The van der Waals surface area contributed by atoms with E-state index in [9.17, 15) is 0 Å². The molecule has 1 aromatic heterocycles. The molecule has 2 nitrogen and oxygen atoms in total. The Morgan fingerprint density at radius 1 is 0.436 bits per heavy atom. The van der Waals surface area contributed by atoms with Gasteiger partial charge in [0.25, 0.3) is 0 Å². The van der Waals surface area contributed by atoms with Crippen LogP contribution in [0.5, 0.6) is 11.5 Å². The second kappa shape index (κ2) is 7.49. The Morgan fingerprint density at radius 2 is 0.949 bits per heavy atom. The molecule has 2 heterocycles. The summed E-state index contributed by atoms with van der Waals surface area (Å²) in [5, 5.41) is 2.55. The Bertz CT molecular complexity index is 2020. The lowest BCUT2D eigenvalue weighted by Crippen LogP contribution is -2.32. The average Bonchev–Trinajstić information content (AvgIpc) is 3.48. The van der Waals surface area contributed by atoms with Gasteiger partial charge in [-0.3, -0.25) is 0 Å². The van der Waals surface area contributed by atoms with Crippen LogP contribution in [0.3, 0.4) is 0 Å². The summed E-state index contributed by atoms with van der Waals surface area (Å²) < 4.78 is 8.88. The number of hydrogen-bond donors (Lipinski definition) is 0. The molecular formula is C37H23NO. The third kappa shape index (κ3) is 2.56. The van der Waals surface area contributed by atoms with Crippen molar-refractivity contribution < 1.29 is 4.74 Å². The van der Waals surface area contributed by atoms with Gasteiger partial charge in [0.2, 0.25) is 0 Å². The van der Waals surface area contributed by atoms with Gasteiger partial charge in [-0.25, -0.2) is 0 Å². The van der Waals surface area contributed by atoms with Gasteiger partial charge in [0.05, 0.1) is 16.4 Å². The fourth-order valence-electron chi connectivity index (χ4n) is 7.19. The molecule has 2 aliphatic rings. The molecule has 0 radical (unpaired) electrons. The van der Waals surface area contributed by atoms with Crippen molar-refractivity contribution in [1.29, 1.82) is 0 Å². The molecule has 0 atom stereocenters. The molecule has 0 unspecified atom stereocenters. The molecule has 1 aliphatic carbocycles. The molecule has 0 saturated carbocycles. The molecule has 6 aromatic carbocycles. The minimum Gasteiger partial charge on any atom is -0.457 e. The highest BCUT2D eigenvalue weighted by atomic mass is 16.5. The molecule has 1 aliphatic heterocycles. The Morgan fingerprint density at radius 3 is 1.62 bits per heavy atom. The van der Waals surface area contributed by atoms with Gasteiger partial charge >= 0.3 is 0 Å². The quantitative estimate of drug-likeness (QED) is 0.220. The number of fused-ring (bicyclic) bond motifs is 12. The summed E-state index contributed by atoms with van der Waals surface area (Å²) in [7, 11) is 0. The zero-order valence-corrected chi connectivity index (χ0v) is 21.1. The van der Waals surface area contributed by atoms with E-state index in [0.29, 0.717) is 0 Å². The van der Waals surface area contributed by atoms with E-state index in [1.54, 1.807) is 0 Å². The van der Waals surface area contributed by atoms with Gasteiger partial charge in [0.1, 0.15) is 11.5 Å². The fourth-order valence-corrected chi connectivity index (χ4v) is 7.19. The van der Waals surface area contributed by atoms with Crippen LogP contribution in [0.1, 0.15) is 22.3 Å². The Balaban J connectivity index is 1.40. The van der Waals surface area contributed by atoms with Crippen LogP contribution in [0.2, 0.25) is 0 Å². The van der Waals surface area contributed by atoms with Crippen molar-refractivity contribution in [3.63, 3.8) is 0 Å². The zero-order chi connectivity index (χ0) is 25.6. The third-order valence-electron chi connectivity index (χ3n) is 8.67. The van der Waals surface area contributed by atoms with Gasteiger partial charge in [-0.05, 0) is 58.7 Å². The SMILES string of the molecule is c1ccc2c(c1)Oc1ccccc1C21c2ccccc2-c2cc(-n3c4ccccc4c4ccccc43)ccc21. The Kier molecular flexibility index (Phi) is 4.02. The van der Waals surface area contributed by atoms with Crippen molar-refractivity contribution in [2.75, 3.05) is 0 Å². The highest BCUT2D eigenvalue weighted by Gasteiger charge is 2.50. The first-order valence-electron chi connectivity index (χ1n) is 13.5. The first-order valence-corrected chi connectivity index (χ1v) is 13.5. The molecule has 0 bridgehead atoms. The Hall–Kier alpha value is -5.08. The summed E-state index contributed by atoms with van der Waals surface area (Å²) in [6.07, 6.45) is 0. The van der Waals surface area contributed by atoms with Gasteiger partial charge in [-0.1, -0.05) is 103 Å². The summed E-state index contributed by atoms with van der Waals surface area (Å²) in [6, 6.07) is 50.4. The standard InChI is InChI=1S/C37H23NO/c1-4-14-29-25(11-1)28-23-24(38-33-17-7-2-12-26(33)27-13-3-8-18-34(27)38)21-22-30(28)37(29)31-15-5-9-19-35(31)39-36-20-10-6-16-32(36)37/h1-23H. The summed E-state index contributed by atoms with van der Waals surface area (Å²) in [4.78, 5) is 0. The van der Waals surface area contributed by atoms with Gasteiger partial charge in [-0.2, -0.15) is 0 Å². The minimum atomic E-state index is -0.434. The van der Waals surface area contributed by atoms with Gasteiger partial charge in [0.15, 0.2) is 0 Å². The largest absolute Gasteiger partial charge is 0.457 e. The predicted molar refractivity (Wildman–Crippen MR) is 158 cm³/mol. The first-order chi connectivity index (χ1) is 19.4. The Labute approximate surface area is 226 Å². The van der Waals surface area contributed by atoms with E-state index < -0.39 is 5.41 Å². The van der Waals surface area contributed by atoms with Crippen molar-refractivity contribution in [2.45, 2.75) is 5.41 Å². The number of hydrogen-bond acceptors (Lipinski definition) is 1. The first kappa shape index (κ1) is 20.9. The second-order valence-electron chi connectivity index (χ2n) is 10.5. The lowest BCUT2D eigenvalue weighted by molar-refractivity contribution is 0.436. The van der Waals surface area contributed by atoms with E-state index in [4.69, 9.17) is 4.74 Å². The van der Waals surface area contributed by atoms with Crippen LogP contribution in [-0.4, -0.2) is 4.57 Å². The maximum absolute atomic E-state index is 6.47. The molecule has 1 spiro atoms. The normalized spacial score (nSPS) is 14.1. The smallest absolute Gasteiger partial charge is 0.132 e. The second-order valence-corrected chi connectivity index (χ2v) is 10.5. The highest BCUT2D eigenvalue weighted by Crippen LogP contribution is 2.62. The molecule has 182 valence electrons. The summed E-state index contributed by atoms with van der Waals surface area (Å²) >= 11 is 0. The maximum atomic E-state index is 6.47. The monoisotopic (exact) mass is 497 g/mol. The van der Waals surface area contributed by atoms with Gasteiger partial charge in [0, 0.05) is 27.6 Å². The van der Waals surface area contributed by atoms with Crippen LogP contribution in [0.25, 0.3) is 38.6 Å².